The molecule has 2 aromatic carbocycles. The normalized spacial score (nSPS) is 21.4. The van der Waals surface area contributed by atoms with E-state index in [0.717, 1.165) is 12.3 Å². The summed E-state index contributed by atoms with van der Waals surface area (Å²) in [6, 6.07) is 16.1. The van der Waals surface area contributed by atoms with Crippen LogP contribution in [0.5, 0.6) is 0 Å². The van der Waals surface area contributed by atoms with Gasteiger partial charge in [0.25, 0.3) is 0 Å². The third-order valence-corrected chi connectivity index (χ3v) is 6.18. The van der Waals surface area contributed by atoms with E-state index in [1.165, 1.54) is 16.3 Å². The predicted molar refractivity (Wildman–Crippen MR) is 91.6 cm³/mol. The van der Waals surface area contributed by atoms with Gasteiger partial charge in [-0.3, -0.25) is 0 Å². The highest BCUT2D eigenvalue weighted by molar-refractivity contribution is 5.83. The molecular weight excluding hydrogens is 254 g/mol. The zero-order valence-electron chi connectivity index (χ0n) is 13.9. The number of nitrogens with one attached hydrogen (secondary N) is 1. The maximum Gasteiger partial charge on any atom is 0.0143 e. The maximum absolute atomic E-state index is 3.57. The van der Waals surface area contributed by atoms with Gasteiger partial charge >= 0.3 is 0 Å². The molecule has 1 fully saturated rings. The summed E-state index contributed by atoms with van der Waals surface area (Å²) < 4.78 is 0. The minimum atomic E-state index is 0.428. The van der Waals surface area contributed by atoms with Gasteiger partial charge in [-0.1, -0.05) is 70.2 Å². The summed E-state index contributed by atoms with van der Waals surface area (Å²) in [4.78, 5) is 0. The Bertz CT molecular complexity index is 640. The fourth-order valence-corrected chi connectivity index (χ4v) is 4.26. The van der Waals surface area contributed by atoms with Crippen molar-refractivity contribution in [3.05, 3.63) is 48.0 Å². The molecule has 0 bridgehead atoms. The summed E-state index contributed by atoms with van der Waals surface area (Å²) in [5, 5.41) is 6.25. The average Bonchev–Trinajstić information content (AvgIpc) is 2.86. The lowest BCUT2D eigenvalue weighted by Crippen LogP contribution is -2.32. The second kappa shape index (κ2) is 4.84. The van der Waals surface area contributed by atoms with Crippen LogP contribution in [0.1, 0.15) is 33.3 Å². The molecule has 0 amide bonds. The second-order valence-corrected chi connectivity index (χ2v) is 7.70. The van der Waals surface area contributed by atoms with Crippen LogP contribution in [0.15, 0.2) is 42.5 Å². The lowest BCUT2D eigenvalue weighted by atomic mass is 9.95. The molecule has 1 heteroatoms. The molecule has 1 nitrogen and oxygen atoms in total. The maximum atomic E-state index is 3.57. The van der Waals surface area contributed by atoms with Gasteiger partial charge in [-0.25, -0.2) is 0 Å². The summed E-state index contributed by atoms with van der Waals surface area (Å²) in [6.45, 7) is 9.62. The van der Waals surface area contributed by atoms with Crippen LogP contribution in [0, 0.1) is 16.7 Å². The Morgan fingerprint density at radius 3 is 2.14 bits per heavy atom. The van der Waals surface area contributed by atoms with Crippen molar-refractivity contribution in [2.45, 2.75) is 40.2 Å². The van der Waals surface area contributed by atoms with Crippen molar-refractivity contribution in [2.75, 3.05) is 7.05 Å². The van der Waals surface area contributed by atoms with Crippen molar-refractivity contribution in [1.82, 2.24) is 5.32 Å². The van der Waals surface area contributed by atoms with Gasteiger partial charge in [0, 0.05) is 6.04 Å². The molecule has 0 spiro atoms. The smallest absolute Gasteiger partial charge is 0.0143 e. The van der Waals surface area contributed by atoms with Gasteiger partial charge in [0.1, 0.15) is 0 Å². The molecule has 0 heterocycles. The van der Waals surface area contributed by atoms with E-state index in [9.17, 15) is 0 Å². The van der Waals surface area contributed by atoms with Gasteiger partial charge in [-0.05, 0) is 46.6 Å². The second-order valence-electron chi connectivity index (χ2n) is 7.70. The van der Waals surface area contributed by atoms with E-state index in [1.54, 1.807) is 0 Å². The quantitative estimate of drug-likeness (QED) is 0.860. The van der Waals surface area contributed by atoms with Gasteiger partial charge in [0.2, 0.25) is 0 Å². The molecule has 1 saturated carbocycles. The lowest BCUT2D eigenvalue weighted by molar-refractivity contribution is 0.421. The van der Waals surface area contributed by atoms with E-state index in [2.05, 4.69) is 82.5 Å². The van der Waals surface area contributed by atoms with Crippen molar-refractivity contribution in [2.24, 2.45) is 16.7 Å². The largest absolute Gasteiger partial charge is 0.316 e. The molecule has 1 unspecified atom stereocenters. The van der Waals surface area contributed by atoms with Gasteiger partial charge in [0.05, 0.1) is 0 Å². The van der Waals surface area contributed by atoms with E-state index in [-0.39, 0.29) is 0 Å². The Balaban J connectivity index is 1.84. The van der Waals surface area contributed by atoms with Gasteiger partial charge in [0.15, 0.2) is 0 Å². The topological polar surface area (TPSA) is 12.0 Å². The van der Waals surface area contributed by atoms with Gasteiger partial charge in [-0.15, -0.1) is 0 Å². The Kier molecular flexibility index (Phi) is 3.37. The van der Waals surface area contributed by atoms with Crippen molar-refractivity contribution >= 4 is 10.8 Å². The van der Waals surface area contributed by atoms with E-state index in [1.807, 2.05) is 0 Å². The number of fused-ring (bicyclic) bond motifs is 1. The van der Waals surface area contributed by atoms with E-state index >= 15 is 0 Å². The third-order valence-electron chi connectivity index (χ3n) is 6.18. The zero-order chi connectivity index (χ0) is 15.3. The molecule has 0 radical (unpaired) electrons. The Morgan fingerprint density at radius 2 is 1.57 bits per heavy atom. The molecule has 1 N–H and O–H groups in total. The van der Waals surface area contributed by atoms with Gasteiger partial charge < -0.3 is 5.32 Å². The molecule has 3 rings (SSSR count). The first-order chi connectivity index (χ1) is 9.88. The molecule has 1 aliphatic rings. The fraction of sp³-hybridized carbons (Fsp3) is 0.500. The minimum absolute atomic E-state index is 0.428. The first-order valence-electron chi connectivity index (χ1n) is 8.03. The van der Waals surface area contributed by atoms with Crippen LogP contribution < -0.4 is 5.32 Å². The molecule has 1 aliphatic carbocycles. The first kappa shape index (κ1) is 14.6. The highest BCUT2D eigenvalue weighted by Gasteiger charge is 2.66. The Labute approximate surface area is 128 Å². The number of hydrogen-bond acceptors (Lipinski definition) is 1. The van der Waals surface area contributed by atoms with E-state index in [0.29, 0.717) is 16.9 Å². The summed E-state index contributed by atoms with van der Waals surface area (Å²) in [5.41, 5.74) is 2.29. The van der Waals surface area contributed by atoms with Crippen molar-refractivity contribution in [1.29, 1.82) is 0 Å². The molecule has 1 atom stereocenters. The molecular formula is C20H27N. The lowest BCUT2D eigenvalue weighted by Gasteiger charge is -2.19. The number of rotatable bonds is 4. The Morgan fingerprint density at radius 1 is 0.952 bits per heavy atom. The van der Waals surface area contributed by atoms with Crippen LogP contribution in [-0.2, 0) is 6.42 Å². The molecule has 112 valence electrons. The van der Waals surface area contributed by atoms with Crippen LogP contribution in [0.3, 0.4) is 0 Å². The van der Waals surface area contributed by atoms with Crippen molar-refractivity contribution < 1.29 is 0 Å². The first-order valence-corrected chi connectivity index (χ1v) is 8.03. The third kappa shape index (κ3) is 2.28. The monoisotopic (exact) mass is 281 g/mol. The highest BCUT2D eigenvalue weighted by Crippen LogP contribution is 2.69. The predicted octanol–water partition coefficient (Wildman–Crippen LogP) is 4.65. The molecule has 0 aliphatic heterocycles. The summed E-state index contributed by atoms with van der Waals surface area (Å²) >= 11 is 0. The zero-order valence-corrected chi connectivity index (χ0v) is 13.9. The average molecular weight is 281 g/mol. The molecule has 21 heavy (non-hydrogen) atoms. The van der Waals surface area contributed by atoms with Crippen LogP contribution in [0.2, 0.25) is 0 Å². The van der Waals surface area contributed by atoms with Crippen LogP contribution in [-0.4, -0.2) is 13.1 Å². The highest BCUT2D eigenvalue weighted by atomic mass is 14.9. The number of likely N-dealkylation sites (N-methyl/N-ethyl adjacent to an activating group) is 1. The van der Waals surface area contributed by atoms with Crippen molar-refractivity contribution in [3.8, 4) is 0 Å². The fourth-order valence-electron chi connectivity index (χ4n) is 4.26. The van der Waals surface area contributed by atoms with E-state index in [4.69, 9.17) is 0 Å². The van der Waals surface area contributed by atoms with E-state index < -0.39 is 0 Å². The Hall–Kier alpha value is -1.34. The minimum Gasteiger partial charge on any atom is -0.316 e. The standard InChI is InChI=1S/C20H27N/c1-19(2)18(20(19,3)4)17(21-5)13-14-10-11-15-8-6-7-9-16(15)12-14/h6-12,17-18,21H,13H2,1-5H3. The van der Waals surface area contributed by atoms with Crippen LogP contribution >= 0.6 is 0 Å². The van der Waals surface area contributed by atoms with Gasteiger partial charge in [-0.2, -0.15) is 0 Å². The summed E-state index contributed by atoms with van der Waals surface area (Å²) in [7, 11) is 2.11. The number of hydrogen-bond donors (Lipinski definition) is 1. The number of benzene rings is 2. The van der Waals surface area contributed by atoms with Crippen LogP contribution in [0.25, 0.3) is 10.8 Å². The van der Waals surface area contributed by atoms with Crippen LogP contribution in [0.4, 0.5) is 0 Å². The summed E-state index contributed by atoms with van der Waals surface area (Å²) in [5.74, 6) is 0.737. The molecule has 0 saturated heterocycles. The molecule has 2 aromatic rings. The van der Waals surface area contributed by atoms with Crippen molar-refractivity contribution in [3.63, 3.8) is 0 Å². The molecule has 0 aromatic heterocycles. The SMILES string of the molecule is CNC(Cc1ccc2ccccc2c1)C1C(C)(C)C1(C)C. The summed E-state index contributed by atoms with van der Waals surface area (Å²) in [6.07, 6.45) is 1.11.